The number of carbonyl (C=O) groups is 1. The Morgan fingerprint density at radius 2 is 2.54 bits per heavy atom. The molecule has 0 saturated carbocycles. The molecule has 1 aliphatic heterocycles. The van der Waals surface area contributed by atoms with Gasteiger partial charge in [-0.25, -0.2) is 9.78 Å². The van der Waals surface area contributed by atoms with E-state index >= 15 is 0 Å². The number of nitrogens with zero attached hydrogens (tertiary/aromatic N) is 2. The second kappa shape index (κ2) is 2.85. The number of hydrogen-bond donors (Lipinski definition) is 2. The third-order valence-corrected chi connectivity index (χ3v) is 2.25. The van der Waals surface area contributed by atoms with Crippen molar-refractivity contribution in [1.82, 2.24) is 9.55 Å². The largest absolute Gasteiger partial charge is 0.476 e. The minimum atomic E-state index is -0.976. The SMILES string of the molecule is NC1CCc2nc(C(=O)O)cn2C1. The second-order valence-corrected chi connectivity index (χ2v) is 3.30. The smallest absolute Gasteiger partial charge is 0.356 e. The van der Waals surface area contributed by atoms with E-state index in [1.54, 1.807) is 6.20 Å². The molecule has 70 valence electrons. The lowest BCUT2D eigenvalue weighted by Crippen LogP contribution is -2.31. The highest BCUT2D eigenvalue weighted by Gasteiger charge is 2.19. The van der Waals surface area contributed by atoms with Gasteiger partial charge in [-0.05, 0) is 6.42 Å². The molecule has 0 aliphatic carbocycles. The number of carboxylic acids is 1. The summed E-state index contributed by atoms with van der Waals surface area (Å²) in [7, 11) is 0. The van der Waals surface area contributed by atoms with Gasteiger partial charge < -0.3 is 15.4 Å². The Morgan fingerprint density at radius 1 is 1.77 bits per heavy atom. The molecule has 1 unspecified atom stereocenters. The number of nitrogens with two attached hydrogens (primary N) is 1. The number of aromatic carboxylic acids is 1. The molecule has 0 radical (unpaired) electrons. The van der Waals surface area contributed by atoms with Gasteiger partial charge in [0, 0.05) is 25.2 Å². The van der Waals surface area contributed by atoms with Gasteiger partial charge in [-0.3, -0.25) is 0 Å². The molecule has 1 aromatic rings. The highest BCUT2D eigenvalue weighted by Crippen LogP contribution is 2.13. The topological polar surface area (TPSA) is 81.1 Å². The molecule has 3 N–H and O–H groups in total. The van der Waals surface area contributed by atoms with Crippen molar-refractivity contribution in [3.05, 3.63) is 17.7 Å². The molecule has 1 aromatic heterocycles. The molecular weight excluding hydrogens is 170 g/mol. The van der Waals surface area contributed by atoms with Crippen LogP contribution < -0.4 is 5.73 Å². The number of aryl methyl sites for hydroxylation is 1. The standard InChI is InChI=1S/C8H11N3O2/c9-5-1-2-7-10-6(8(12)13)4-11(7)3-5/h4-5H,1-3,9H2,(H,12,13). The normalized spacial score (nSPS) is 21.2. The van der Waals surface area contributed by atoms with Gasteiger partial charge in [0.25, 0.3) is 0 Å². The third-order valence-electron chi connectivity index (χ3n) is 2.25. The minimum Gasteiger partial charge on any atom is -0.476 e. The summed E-state index contributed by atoms with van der Waals surface area (Å²) in [5.74, 6) is -0.144. The maximum absolute atomic E-state index is 10.6. The van der Waals surface area contributed by atoms with Crippen LogP contribution in [0.5, 0.6) is 0 Å². The van der Waals surface area contributed by atoms with Crippen LogP contribution in [0.3, 0.4) is 0 Å². The van der Waals surface area contributed by atoms with Crippen molar-refractivity contribution in [2.75, 3.05) is 0 Å². The number of imidazole rings is 1. The molecule has 0 spiro atoms. The van der Waals surface area contributed by atoms with Gasteiger partial charge in [0.15, 0.2) is 5.69 Å². The summed E-state index contributed by atoms with van der Waals surface area (Å²) in [4.78, 5) is 14.6. The predicted molar refractivity (Wildman–Crippen MR) is 45.5 cm³/mol. The van der Waals surface area contributed by atoms with Gasteiger partial charge in [0.05, 0.1) is 0 Å². The van der Waals surface area contributed by atoms with Crippen LogP contribution in [0.2, 0.25) is 0 Å². The summed E-state index contributed by atoms with van der Waals surface area (Å²) in [6.45, 7) is 0.676. The quantitative estimate of drug-likeness (QED) is 0.631. The first-order valence-corrected chi connectivity index (χ1v) is 4.22. The molecule has 5 heteroatoms. The Morgan fingerprint density at radius 3 is 3.23 bits per heavy atom. The number of rotatable bonds is 1. The van der Waals surface area contributed by atoms with Crippen molar-refractivity contribution < 1.29 is 9.90 Å². The fraction of sp³-hybridized carbons (Fsp3) is 0.500. The Labute approximate surface area is 75.2 Å². The fourth-order valence-electron chi connectivity index (χ4n) is 1.57. The van der Waals surface area contributed by atoms with Crippen molar-refractivity contribution in [2.45, 2.75) is 25.4 Å². The molecule has 2 heterocycles. The van der Waals surface area contributed by atoms with Crippen LogP contribution in [0.1, 0.15) is 22.7 Å². The molecule has 1 atom stereocenters. The van der Waals surface area contributed by atoms with Gasteiger partial charge in [-0.15, -0.1) is 0 Å². The van der Waals surface area contributed by atoms with Crippen molar-refractivity contribution in [3.8, 4) is 0 Å². The Hall–Kier alpha value is -1.36. The number of hydrogen-bond acceptors (Lipinski definition) is 3. The number of fused-ring (bicyclic) bond motifs is 1. The molecule has 0 bridgehead atoms. The predicted octanol–water partition coefficient (Wildman–Crippen LogP) is -0.145. The summed E-state index contributed by atoms with van der Waals surface area (Å²) < 4.78 is 1.83. The summed E-state index contributed by atoms with van der Waals surface area (Å²) >= 11 is 0. The molecular formula is C8H11N3O2. The molecule has 1 aliphatic rings. The first-order chi connectivity index (χ1) is 6.16. The summed E-state index contributed by atoms with van der Waals surface area (Å²) in [6, 6.07) is 0.128. The molecule has 0 amide bonds. The van der Waals surface area contributed by atoms with E-state index in [9.17, 15) is 4.79 Å². The highest BCUT2D eigenvalue weighted by molar-refractivity contribution is 5.85. The van der Waals surface area contributed by atoms with Crippen LogP contribution in [0.25, 0.3) is 0 Å². The lowest BCUT2D eigenvalue weighted by atomic mass is 10.1. The van der Waals surface area contributed by atoms with Crippen LogP contribution in [0, 0.1) is 0 Å². The van der Waals surface area contributed by atoms with Gasteiger partial charge in [-0.2, -0.15) is 0 Å². The molecule has 0 saturated heterocycles. The average Bonchev–Trinajstić information content (AvgIpc) is 2.46. The zero-order chi connectivity index (χ0) is 9.42. The monoisotopic (exact) mass is 181 g/mol. The van der Waals surface area contributed by atoms with E-state index in [-0.39, 0.29) is 11.7 Å². The maximum atomic E-state index is 10.6. The summed E-state index contributed by atoms with van der Waals surface area (Å²) in [5.41, 5.74) is 5.85. The van der Waals surface area contributed by atoms with E-state index < -0.39 is 5.97 Å². The van der Waals surface area contributed by atoms with Gasteiger partial charge in [-0.1, -0.05) is 0 Å². The Bertz CT molecular complexity index is 345. The Kier molecular flexibility index (Phi) is 1.81. The molecule has 0 aromatic carbocycles. The van der Waals surface area contributed by atoms with E-state index in [2.05, 4.69) is 4.98 Å². The molecule has 5 nitrogen and oxygen atoms in total. The van der Waals surface area contributed by atoms with Crippen molar-refractivity contribution >= 4 is 5.97 Å². The van der Waals surface area contributed by atoms with Crippen LogP contribution in [0.4, 0.5) is 0 Å². The van der Waals surface area contributed by atoms with Crippen LogP contribution in [0.15, 0.2) is 6.20 Å². The van der Waals surface area contributed by atoms with E-state index in [1.807, 2.05) is 4.57 Å². The second-order valence-electron chi connectivity index (χ2n) is 3.30. The lowest BCUT2D eigenvalue weighted by Gasteiger charge is -2.19. The molecule has 13 heavy (non-hydrogen) atoms. The van der Waals surface area contributed by atoms with Crippen LogP contribution >= 0.6 is 0 Å². The van der Waals surface area contributed by atoms with Crippen LogP contribution in [-0.2, 0) is 13.0 Å². The Balaban J connectivity index is 2.33. The average molecular weight is 181 g/mol. The van der Waals surface area contributed by atoms with Crippen LogP contribution in [-0.4, -0.2) is 26.7 Å². The van der Waals surface area contributed by atoms with E-state index in [0.29, 0.717) is 6.54 Å². The van der Waals surface area contributed by atoms with Crippen molar-refractivity contribution in [1.29, 1.82) is 0 Å². The maximum Gasteiger partial charge on any atom is 0.356 e. The highest BCUT2D eigenvalue weighted by atomic mass is 16.4. The first kappa shape index (κ1) is 8.25. The zero-order valence-electron chi connectivity index (χ0n) is 7.10. The molecule has 2 rings (SSSR count). The number of aromatic nitrogens is 2. The molecule has 0 fully saturated rings. The lowest BCUT2D eigenvalue weighted by molar-refractivity contribution is 0.0691. The van der Waals surface area contributed by atoms with Crippen molar-refractivity contribution in [2.24, 2.45) is 5.73 Å². The third kappa shape index (κ3) is 1.42. The van der Waals surface area contributed by atoms with Crippen molar-refractivity contribution in [3.63, 3.8) is 0 Å². The summed E-state index contributed by atoms with van der Waals surface area (Å²) in [5, 5.41) is 8.69. The summed E-state index contributed by atoms with van der Waals surface area (Å²) in [6.07, 6.45) is 3.21. The minimum absolute atomic E-state index is 0.115. The van der Waals surface area contributed by atoms with Gasteiger partial charge in [0.1, 0.15) is 5.82 Å². The van der Waals surface area contributed by atoms with E-state index in [1.165, 1.54) is 0 Å². The van der Waals surface area contributed by atoms with E-state index in [4.69, 9.17) is 10.8 Å². The fourth-order valence-corrected chi connectivity index (χ4v) is 1.57. The first-order valence-electron chi connectivity index (χ1n) is 4.22. The number of carboxylic acid groups (broad SMARTS) is 1. The van der Waals surface area contributed by atoms with Gasteiger partial charge in [0.2, 0.25) is 0 Å². The van der Waals surface area contributed by atoms with E-state index in [0.717, 1.165) is 18.7 Å². The zero-order valence-corrected chi connectivity index (χ0v) is 7.10. The van der Waals surface area contributed by atoms with Gasteiger partial charge >= 0.3 is 5.97 Å².